The fourth-order valence-corrected chi connectivity index (χ4v) is 6.75. The number of nitrogens with zero attached hydrogens (tertiary/aromatic N) is 3. The topological polar surface area (TPSA) is 99.8 Å². The molecule has 126 valence electrons. The third-order valence-electron chi connectivity index (χ3n) is 3.87. The zero-order valence-electron chi connectivity index (χ0n) is 12.9. The number of methoxy groups -OCH3 is 1. The number of fused-ring (bicyclic) bond motifs is 1. The number of ether oxygens (including phenoxy) is 1. The Balaban J connectivity index is 1.97. The standard InChI is InChI=1S/C15H15N3O4S2/c1-22-11-4-2-10(3-5-11)18-12-8-24(20,21)9-13(12)23-15(18)17-14(19)6-7-16/h2-5,12-13H,6,8-9H2,1H3/t12-,13+/m1/s1. The molecule has 3 rings (SSSR count). The summed E-state index contributed by atoms with van der Waals surface area (Å²) >= 11 is 1.29. The monoisotopic (exact) mass is 365 g/mol. The number of sulfone groups is 1. The van der Waals surface area contributed by atoms with Gasteiger partial charge in [0.25, 0.3) is 5.91 Å². The van der Waals surface area contributed by atoms with Crippen LogP contribution in [0, 0.1) is 11.3 Å². The van der Waals surface area contributed by atoms with Crippen LogP contribution < -0.4 is 9.64 Å². The maximum atomic E-state index is 11.9. The van der Waals surface area contributed by atoms with Crippen molar-refractivity contribution in [2.75, 3.05) is 23.5 Å². The molecule has 0 spiro atoms. The number of nitriles is 1. The number of thioether (sulfide) groups is 1. The highest BCUT2D eigenvalue weighted by Gasteiger charge is 2.49. The quantitative estimate of drug-likeness (QED) is 0.793. The van der Waals surface area contributed by atoms with Gasteiger partial charge in [0.2, 0.25) is 0 Å². The predicted molar refractivity (Wildman–Crippen MR) is 92.0 cm³/mol. The molecule has 1 amide bonds. The zero-order chi connectivity index (χ0) is 17.3. The lowest BCUT2D eigenvalue weighted by atomic mass is 10.2. The first-order valence-electron chi connectivity index (χ1n) is 7.22. The summed E-state index contributed by atoms with van der Waals surface area (Å²) in [6, 6.07) is 8.66. The highest BCUT2D eigenvalue weighted by Crippen LogP contribution is 2.41. The van der Waals surface area contributed by atoms with Crippen molar-refractivity contribution < 1.29 is 17.9 Å². The van der Waals surface area contributed by atoms with Gasteiger partial charge in [0.05, 0.1) is 30.7 Å². The second-order valence-electron chi connectivity index (χ2n) is 5.49. The third kappa shape index (κ3) is 3.25. The van der Waals surface area contributed by atoms with E-state index in [1.165, 1.54) is 11.8 Å². The molecule has 0 aliphatic carbocycles. The number of rotatable bonds is 3. The van der Waals surface area contributed by atoms with Crippen molar-refractivity contribution in [3.63, 3.8) is 0 Å². The Labute approximate surface area is 144 Å². The summed E-state index contributed by atoms with van der Waals surface area (Å²) in [6.45, 7) is 0. The maximum Gasteiger partial charge on any atom is 0.262 e. The molecule has 9 heteroatoms. The Morgan fingerprint density at radius 2 is 2.12 bits per heavy atom. The van der Waals surface area contributed by atoms with Crippen molar-refractivity contribution in [3.8, 4) is 11.8 Å². The number of hydrogen-bond acceptors (Lipinski definition) is 6. The van der Waals surface area contributed by atoms with Gasteiger partial charge in [0.15, 0.2) is 15.0 Å². The van der Waals surface area contributed by atoms with E-state index in [0.29, 0.717) is 10.9 Å². The Kier molecular flexibility index (Phi) is 4.51. The highest BCUT2D eigenvalue weighted by molar-refractivity contribution is 8.16. The molecule has 1 aromatic rings. The molecule has 1 aromatic carbocycles. The molecule has 2 fully saturated rings. The van der Waals surface area contributed by atoms with Crippen molar-refractivity contribution in [1.82, 2.24) is 0 Å². The molecule has 2 saturated heterocycles. The lowest BCUT2D eigenvalue weighted by Gasteiger charge is -2.24. The Bertz CT molecular complexity index is 827. The van der Waals surface area contributed by atoms with Gasteiger partial charge in [-0.15, -0.1) is 0 Å². The van der Waals surface area contributed by atoms with Gasteiger partial charge in [-0.2, -0.15) is 10.3 Å². The van der Waals surface area contributed by atoms with Crippen LogP contribution in [-0.4, -0.2) is 49.4 Å². The molecule has 0 unspecified atom stereocenters. The molecule has 0 radical (unpaired) electrons. The summed E-state index contributed by atoms with van der Waals surface area (Å²) in [7, 11) is -1.54. The number of amidine groups is 1. The average Bonchev–Trinajstić information content (AvgIpc) is 2.98. The van der Waals surface area contributed by atoms with Crippen molar-refractivity contribution >= 4 is 38.4 Å². The first-order valence-corrected chi connectivity index (χ1v) is 9.92. The summed E-state index contributed by atoms with van der Waals surface area (Å²) < 4.78 is 29.0. The molecule has 2 aliphatic rings. The van der Waals surface area contributed by atoms with Gasteiger partial charge >= 0.3 is 0 Å². The summed E-state index contributed by atoms with van der Waals surface area (Å²) in [5.41, 5.74) is 0.747. The van der Waals surface area contributed by atoms with Crippen molar-refractivity contribution in [2.45, 2.75) is 17.7 Å². The van der Waals surface area contributed by atoms with Gasteiger partial charge in [0, 0.05) is 10.9 Å². The number of amides is 1. The minimum atomic E-state index is -3.10. The fraction of sp³-hybridized carbons (Fsp3) is 0.400. The first kappa shape index (κ1) is 16.8. The minimum absolute atomic E-state index is 0.0299. The second kappa shape index (κ2) is 6.45. The molecule has 2 atom stereocenters. The Morgan fingerprint density at radius 1 is 1.42 bits per heavy atom. The number of anilines is 1. The maximum absolute atomic E-state index is 11.9. The van der Waals surface area contributed by atoms with Crippen molar-refractivity contribution in [1.29, 1.82) is 5.26 Å². The van der Waals surface area contributed by atoms with Crippen LogP contribution in [0.2, 0.25) is 0 Å². The van der Waals surface area contributed by atoms with Crippen LogP contribution in [0.25, 0.3) is 0 Å². The van der Waals surface area contributed by atoms with Crippen LogP contribution in [-0.2, 0) is 14.6 Å². The molecule has 0 aromatic heterocycles. The van der Waals surface area contributed by atoms with Crippen LogP contribution in [0.1, 0.15) is 6.42 Å². The first-order chi connectivity index (χ1) is 11.4. The van der Waals surface area contributed by atoms with E-state index in [2.05, 4.69) is 4.99 Å². The SMILES string of the molecule is COc1ccc(N2C(=NC(=O)CC#N)S[C@H]3CS(=O)(=O)C[C@H]32)cc1. The Morgan fingerprint density at radius 3 is 2.75 bits per heavy atom. The van der Waals surface area contributed by atoms with Gasteiger partial charge < -0.3 is 9.64 Å². The lowest BCUT2D eigenvalue weighted by molar-refractivity contribution is -0.116. The van der Waals surface area contributed by atoms with Gasteiger partial charge in [0.1, 0.15) is 12.2 Å². The van der Waals surface area contributed by atoms with E-state index < -0.39 is 15.7 Å². The second-order valence-corrected chi connectivity index (χ2v) is 8.85. The molecule has 2 heterocycles. The molecule has 24 heavy (non-hydrogen) atoms. The van der Waals surface area contributed by atoms with Gasteiger partial charge in [-0.3, -0.25) is 4.79 Å². The van der Waals surface area contributed by atoms with Crippen LogP contribution in [0.15, 0.2) is 29.3 Å². The molecule has 0 saturated carbocycles. The van der Waals surface area contributed by atoms with Crippen LogP contribution in [0.5, 0.6) is 5.75 Å². The number of hydrogen-bond donors (Lipinski definition) is 0. The molecule has 2 aliphatic heterocycles. The van der Waals surface area contributed by atoms with Crippen LogP contribution in [0.3, 0.4) is 0 Å². The number of benzene rings is 1. The van der Waals surface area contributed by atoms with E-state index >= 15 is 0 Å². The third-order valence-corrected chi connectivity index (χ3v) is 7.08. The van der Waals surface area contributed by atoms with E-state index in [1.807, 2.05) is 0 Å². The molecule has 0 bridgehead atoms. The fourth-order valence-electron chi connectivity index (χ4n) is 2.82. The number of carbonyl (C=O) groups excluding carboxylic acids is 1. The van der Waals surface area contributed by atoms with Crippen LogP contribution >= 0.6 is 11.8 Å². The van der Waals surface area contributed by atoms with Crippen LogP contribution in [0.4, 0.5) is 5.69 Å². The molecule has 0 N–H and O–H groups in total. The van der Waals surface area contributed by atoms with E-state index in [-0.39, 0.29) is 29.2 Å². The van der Waals surface area contributed by atoms with Crippen molar-refractivity contribution in [2.24, 2.45) is 4.99 Å². The zero-order valence-corrected chi connectivity index (χ0v) is 14.5. The summed E-state index contributed by atoms with van der Waals surface area (Å²) in [5, 5.41) is 8.92. The summed E-state index contributed by atoms with van der Waals surface area (Å²) in [4.78, 5) is 17.5. The summed E-state index contributed by atoms with van der Waals surface area (Å²) in [5.74, 6) is 0.254. The normalized spacial score (nSPS) is 26.2. The van der Waals surface area contributed by atoms with E-state index in [1.54, 1.807) is 42.3 Å². The Hall–Kier alpha value is -2.05. The largest absolute Gasteiger partial charge is 0.497 e. The minimum Gasteiger partial charge on any atom is -0.497 e. The van der Waals surface area contributed by atoms with Gasteiger partial charge in [-0.25, -0.2) is 8.42 Å². The van der Waals surface area contributed by atoms with Gasteiger partial charge in [-0.05, 0) is 24.3 Å². The number of carbonyl (C=O) groups is 1. The average molecular weight is 365 g/mol. The molecular formula is C15H15N3O4S2. The van der Waals surface area contributed by atoms with Crippen molar-refractivity contribution in [3.05, 3.63) is 24.3 Å². The smallest absolute Gasteiger partial charge is 0.262 e. The molecular weight excluding hydrogens is 350 g/mol. The van der Waals surface area contributed by atoms with E-state index in [9.17, 15) is 13.2 Å². The lowest BCUT2D eigenvalue weighted by Crippen LogP contribution is -2.37. The van der Waals surface area contributed by atoms with E-state index in [4.69, 9.17) is 10.00 Å². The van der Waals surface area contributed by atoms with E-state index in [0.717, 1.165) is 5.69 Å². The van der Waals surface area contributed by atoms with Gasteiger partial charge in [-0.1, -0.05) is 11.8 Å². The molecule has 7 nitrogen and oxygen atoms in total. The number of aliphatic imine (C=N–C) groups is 1. The predicted octanol–water partition coefficient (Wildman–Crippen LogP) is 1.21. The summed E-state index contributed by atoms with van der Waals surface area (Å²) in [6.07, 6.45) is -0.297. The highest BCUT2D eigenvalue weighted by atomic mass is 32.2.